The number of benzene rings is 1. The predicted octanol–water partition coefficient (Wildman–Crippen LogP) is 4.15. The van der Waals surface area contributed by atoms with Gasteiger partial charge in [0, 0.05) is 5.92 Å². The average Bonchev–Trinajstić information content (AvgIpc) is 2.18. The Morgan fingerprint density at radius 2 is 1.86 bits per heavy atom. The van der Waals surface area contributed by atoms with Crippen molar-refractivity contribution in [1.29, 1.82) is 0 Å². The lowest BCUT2D eigenvalue weighted by molar-refractivity contribution is 0.288. The van der Waals surface area contributed by atoms with E-state index in [9.17, 15) is 0 Å². The lowest BCUT2D eigenvalue weighted by Gasteiger charge is -2.35. The summed E-state index contributed by atoms with van der Waals surface area (Å²) in [7, 11) is 0. The molecule has 0 spiro atoms. The molecule has 0 bridgehead atoms. The van der Waals surface area contributed by atoms with Crippen LogP contribution in [-0.4, -0.2) is 0 Å². The molecular formula is C14H18. The van der Waals surface area contributed by atoms with E-state index in [-0.39, 0.29) is 0 Å². The van der Waals surface area contributed by atoms with Gasteiger partial charge in [-0.2, -0.15) is 0 Å². The van der Waals surface area contributed by atoms with Crippen molar-refractivity contribution < 1.29 is 0 Å². The molecule has 1 unspecified atom stereocenters. The van der Waals surface area contributed by atoms with Crippen LogP contribution in [0.15, 0.2) is 42.5 Å². The quantitative estimate of drug-likeness (QED) is 0.578. The van der Waals surface area contributed by atoms with Crippen molar-refractivity contribution >= 4 is 0 Å². The molecule has 1 aromatic carbocycles. The molecule has 1 aliphatic rings. The number of hydrogen-bond donors (Lipinski definition) is 0. The van der Waals surface area contributed by atoms with Gasteiger partial charge < -0.3 is 0 Å². The summed E-state index contributed by atoms with van der Waals surface area (Å²) in [6.45, 7) is 4.74. The maximum absolute atomic E-state index is 2.37. The molecule has 0 N–H and O–H groups in total. The lowest BCUT2D eigenvalue weighted by atomic mass is 9.69. The van der Waals surface area contributed by atoms with Crippen LogP contribution in [0.25, 0.3) is 0 Å². The minimum Gasteiger partial charge on any atom is -0.0879 e. The maximum atomic E-state index is 2.37. The van der Waals surface area contributed by atoms with Crippen LogP contribution in [0.5, 0.6) is 0 Å². The van der Waals surface area contributed by atoms with Crippen molar-refractivity contribution in [3.05, 3.63) is 48.0 Å². The van der Waals surface area contributed by atoms with Gasteiger partial charge in [0.15, 0.2) is 0 Å². The summed E-state index contributed by atoms with van der Waals surface area (Å²) in [6, 6.07) is 10.8. The molecule has 0 saturated carbocycles. The average molecular weight is 186 g/mol. The molecule has 1 aromatic rings. The molecule has 0 nitrogen and oxygen atoms in total. The van der Waals surface area contributed by atoms with E-state index in [4.69, 9.17) is 0 Å². The van der Waals surface area contributed by atoms with E-state index in [2.05, 4.69) is 56.3 Å². The molecule has 0 heteroatoms. The first-order valence-corrected chi connectivity index (χ1v) is 5.42. The first-order chi connectivity index (χ1) is 6.70. The van der Waals surface area contributed by atoms with E-state index in [1.807, 2.05) is 0 Å². The first-order valence-electron chi connectivity index (χ1n) is 5.42. The second-order valence-electron chi connectivity index (χ2n) is 4.84. The highest BCUT2D eigenvalue weighted by atomic mass is 14.3. The zero-order valence-electron chi connectivity index (χ0n) is 9.03. The highest BCUT2D eigenvalue weighted by molar-refractivity contribution is 5.27. The molecular weight excluding hydrogens is 168 g/mol. The van der Waals surface area contributed by atoms with Gasteiger partial charge in [0.2, 0.25) is 0 Å². The van der Waals surface area contributed by atoms with Gasteiger partial charge in [-0.15, -0.1) is 0 Å². The van der Waals surface area contributed by atoms with Gasteiger partial charge >= 0.3 is 0 Å². The summed E-state index contributed by atoms with van der Waals surface area (Å²) < 4.78 is 0. The molecule has 0 fully saturated rings. The summed E-state index contributed by atoms with van der Waals surface area (Å²) in [5.74, 6) is 0.595. The molecule has 0 aromatic heterocycles. The zero-order chi connectivity index (χ0) is 10.0. The fourth-order valence-electron chi connectivity index (χ4n) is 2.33. The summed E-state index contributed by atoms with van der Waals surface area (Å²) in [4.78, 5) is 0. The Labute approximate surface area is 86.7 Å². The van der Waals surface area contributed by atoms with Crippen LogP contribution in [0.1, 0.15) is 38.2 Å². The second-order valence-corrected chi connectivity index (χ2v) is 4.84. The van der Waals surface area contributed by atoms with Gasteiger partial charge in [-0.1, -0.05) is 56.3 Å². The van der Waals surface area contributed by atoms with E-state index >= 15 is 0 Å². The summed E-state index contributed by atoms with van der Waals surface area (Å²) in [5.41, 5.74) is 1.87. The SMILES string of the molecule is CC1(C)CCC=CC1c1ccccc1. The molecule has 2 rings (SSSR count). The van der Waals surface area contributed by atoms with E-state index in [1.54, 1.807) is 0 Å². The Kier molecular flexibility index (Phi) is 2.45. The molecule has 1 atom stereocenters. The first kappa shape index (κ1) is 9.51. The summed E-state index contributed by atoms with van der Waals surface area (Å²) in [5, 5.41) is 0. The molecule has 0 aliphatic heterocycles. The van der Waals surface area contributed by atoms with Crippen LogP contribution < -0.4 is 0 Å². The second kappa shape index (κ2) is 3.61. The van der Waals surface area contributed by atoms with Crippen LogP contribution in [0, 0.1) is 5.41 Å². The molecule has 14 heavy (non-hydrogen) atoms. The number of rotatable bonds is 1. The fourth-order valence-corrected chi connectivity index (χ4v) is 2.33. The van der Waals surface area contributed by atoms with Crippen LogP contribution in [0.2, 0.25) is 0 Å². The van der Waals surface area contributed by atoms with Gasteiger partial charge in [-0.05, 0) is 23.8 Å². The standard InChI is InChI=1S/C14H18/c1-14(2)11-7-6-10-13(14)12-8-4-3-5-9-12/h3-6,8-10,13H,7,11H2,1-2H3. The van der Waals surface area contributed by atoms with Gasteiger partial charge in [-0.25, -0.2) is 0 Å². The molecule has 74 valence electrons. The number of allylic oxidation sites excluding steroid dienone is 2. The molecule has 0 amide bonds. The third-order valence-corrected chi connectivity index (χ3v) is 3.28. The Balaban J connectivity index is 2.33. The minimum absolute atomic E-state index is 0.413. The molecule has 0 heterocycles. The van der Waals surface area contributed by atoms with Crippen molar-refractivity contribution in [2.24, 2.45) is 5.41 Å². The van der Waals surface area contributed by atoms with Crippen molar-refractivity contribution in [3.63, 3.8) is 0 Å². The van der Waals surface area contributed by atoms with E-state index < -0.39 is 0 Å². The predicted molar refractivity (Wildman–Crippen MR) is 61.3 cm³/mol. The molecule has 1 aliphatic carbocycles. The van der Waals surface area contributed by atoms with Crippen molar-refractivity contribution in [2.75, 3.05) is 0 Å². The summed E-state index contributed by atoms with van der Waals surface area (Å²) in [6.07, 6.45) is 7.22. The van der Waals surface area contributed by atoms with Crippen LogP contribution in [-0.2, 0) is 0 Å². The normalized spacial score (nSPS) is 24.9. The van der Waals surface area contributed by atoms with E-state index in [0.29, 0.717) is 11.3 Å². The van der Waals surface area contributed by atoms with E-state index in [0.717, 1.165) is 0 Å². The highest BCUT2D eigenvalue weighted by Gasteiger charge is 2.29. The van der Waals surface area contributed by atoms with Crippen LogP contribution in [0.3, 0.4) is 0 Å². The van der Waals surface area contributed by atoms with Crippen LogP contribution in [0.4, 0.5) is 0 Å². The van der Waals surface area contributed by atoms with Crippen molar-refractivity contribution in [2.45, 2.75) is 32.6 Å². The summed E-state index contributed by atoms with van der Waals surface area (Å²) >= 11 is 0. The van der Waals surface area contributed by atoms with E-state index in [1.165, 1.54) is 18.4 Å². The maximum Gasteiger partial charge on any atom is 0.00692 e. The van der Waals surface area contributed by atoms with Gasteiger partial charge in [-0.3, -0.25) is 0 Å². The monoisotopic (exact) mass is 186 g/mol. The smallest absolute Gasteiger partial charge is 0.00692 e. The van der Waals surface area contributed by atoms with Gasteiger partial charge in [0.25, 0.3) is 0 Å². The zero-order valence-corrected chi connectivity index (χ0v) is 9.03. The largest absolute Gasteiger partial charge is 0.0879 e. The Bertz CT molecular complexity index is 319. The lowest BCUT2D eigenvalue weighted by Crippen LogP contribution is -2.22. The van der Waals surface area contributed by atoms with Crippen molar-refractivity contribution in [3.8, 4) is 0 Å². The Morgan fingerprint density at radius 3 is 2.50 bits per heavy atom. The minimum atomic E-state index is 0.413. The third-order valence-electron chi connectivity index (χ3n) is 3.28. The highest BCUT2D eigenvalue weighted by Crippen LogP contribution is 2.43. The molecule has 0 saturated heterocycles. The Hall–Kier alpha value is -1.04. The van der Waals surface area contributed by atoms with Crippen LogP contribution >= 0.6 is 0 Å². The van der Waals surface area contributed by atoms with Gasteiger partial charge in [0.05, 0.1) is 0 Å². The van der Waals surface area contributed by atoms with Crippen molar-refractivity contribution in [1.82, 2.24) is 0 Å². The topological polar surface area (TPSA) is 0 Å². The number of hydrogen-bond acceptors (Lipinski definition) is 0. The fraction of sp³-hybridized carbons (Fsp3) is 0.429. The Morgan fingerprint density at radius 1 is 1.14 bits per heavy atom. The van der Waals surface area contributed by atoms with Gasteiger partial charge in [0.1, 0.15) is 0 Å². The third kappa shape index (κ3) is 1.75. The molecule has 0 radical (unpaired) electrons.